The summed E-state index contributed by atoms with van der Waals surface area (Å²) in [5, 5.41) is 2.83. The van der Waals surface area contributed by atoms with Crippen molar-refractivity contribution in [3.63, 3.8) is 0 Å². The molecular formula is C15H20N2O5. The largest absolute Gasteiger partial charge is 0.481 e. The summed E-state index contributed by atoms with van der Waals surface area (Å²) >= 11 is 0. The molecule has 0 radical (unpaired) electrons. The average molecular weight is 308 g/mol. The van der Waals surface area contributed by atoms with Crippen molar-refractivity contribution in [1.29, 1.82) is 0 Å². The van der Waals surface area contributed by atoms with Crippen molar-refractivity contribution >= 4 is 17.6 Å². The quantitative estimate of drug-likeness (QED) is 0.356. The van der Waals surface area contributed by atoms with Gasteiger partial charge in [-0.2, -0.15) is 0 Å². The third kappa shape index (κ3) is 4.76. The minimum atomic E-state index is -0.744. The Morgan fingerprint density at radius 1 is 1.23 bits per heavy atom. The van der Waals surface area contributed by atoms with Gasteiger partial charge in [0.1, 0.15) is 0 Å². The minimum absolute atomic E-state index is 0.165. The molecular weight excluding hydrogens is 288 g/mol. The smallest absolute Gasteiger partial charge is 0.347 e. The monoisotopic (exact) mass is 308 g/mol. The van der Waals surface area contributed by atoms with Gasteiger partial charge in [0.2, 0.25) is 5.88 Å². The second-order valence-corrected chi connectivity index (χ2v) is 4.19. The van der Waals surface area contributed by atoms with Gasteiger partial charge >= 0.3 is 11.9 Å². The molecule has 1 rings (SSSR count). The van der Waals surface area contributed by atoms with Crippen LogP contribution in [0, 0.1) is 6.92 Å². The van der Waals surface area contributed by atoms with Crippen LogP contribution in [-0.4, -0.2) is 37.2 Å². The molecule has 7 heteroatoms. The van der Waals surface area contributed by atoms with E-state index < -0.39 is 11.9 Å². The summed E-state index contributed by atoms with van der Waals surface area (Å²) in [5.41, 5.74) is 1.20. The number of aryl methyl sites for hydroxylation is 1. The van der Waals surface area contributed by atoms with E-state index in [1.807, 2.05) is 6.92 Å². The van der Waals surface area contributed by atoms with E-state index in [1.165, 1.54) is 19.5 Å². The van der Waals surface area contributed by atoms with Crippen LogP contribution in [0.15, 0.2) is 24.0 Å². The lowest BCUT2D eigenvalue weighted by Crippen LogP contribution is -2.19. The summed E-state index contributed by atoms with van der Waals surface area (Å²) in [7, 11) is 1.53. The van der Waals surface area contributed by atoms with Crippen molar-refractivity contribution in [1.82, 2.24) is 4.98 Å². The molecule has 1 aromatic heterocycles. The van der Waals surface area contributed by atoms with Crippen LogP contribution in [-0.2, 0) is 19.1 Å². The zero-order valence-electron chi connectivity index (χ0n) is 13.1. The van der Waals surface area contributed by atoms with Crippen LogP contribution in [0.2, 0.25) is 0 Å². The molecule has 0 aliphatic heterocycles. The van der Waals surface area contributed by atoms with Gasteiger partial charge in [0, 0.05) is 11.8 Å². The summed E-state index contributed by atoms with van der Waals surface area (Å²) < 4.78 is 14.7. The fourth-order valence-electron chi connectivity index (χ4n) is 1.63. The van der Waals surface area contributed by atoms with E-state index in [0.717, 1.165) is 5.56 Å². The van der Waals surface area contributed by atoms with Gasteiger partial charge in [0.15, 0.2) is 5.57 Å². The molecule has 0 aliphatic carbocycles. The number of carbonyl (C=O) groups is 2. The summed E-state index contributed by atoms with van der Waals surface area (Å²) in [6, 6.07) is 1.77. The van der Waals surface area contributed by atoms with E-state index in [4.69, 9.17) is 14.2 Å². The van der Waals surface area contributed by atoms with Gasteiger partial charge in [-0.25, -0.2) is 14.6 Å². The van der Waals surface area contributed by atoms with E-state index in [9.17, 15) is 9.59 Å². The number of methoxy groups -OCH3 is 1. The summed E-state index contributed by atoms with van der Waals surface area (Å²) in [5.74, 6) is -0.983. The molecule has 1 N–H and O–H groups in total. The SMILES string of the molecule is CCOC(=O)C(=CNc1cnc(OC)c(C)c1)C(=O)OCC. The molecule has 0 spiro atoms. The Morgan fingerprint density at radius 2 is 1.82 bits per heavy atom. The van der Waals surface area contributed by atoms with Crippen LogP contribution in [0.25, 0.3) is 0 Å². The van der Waals surface area contributed by atoms with Crippen LogP contribution in [0.4, 0.5) is 5.69 Å². The summed E-state index contributed by atoms with van der Waals surface area (Å²) in [4.78, 5) is 27.7. The maximum Gasteiger partial charge on any atom is 0.347 e. The molecule has 0 aliphatic rings. The molecule has 0 amide bonds. The molecule has 1 heterocycles. The van der Waals surface area contributed by atoms with E-state index in [-0.39, 0.29) is 18.8 Å². The van der Waals surface area contributed by atoms with Crippen molar-refractivity contribution in [2.45, 2.75) is 20.8 Å². The van der Waals surface area contributed by atoms with E-state index in [1.54, 1.807) is 19.9 Å². The highest BCUT2D eigenvalue weighted by molar-refractivity contribution is 6.14. The molecule has 0 atom stereocenters. The zero-order valence-corrected chi connectivity index (χ0v) is 13.1. The third-order valence-corrected chi connectivity index (χ3v) is 2.60. The fraction of sp³-hybridized carbons (Fsp3) is 0.400. The number of pyridine rings is 1. The second kappa shape index (κ2) is 8.66. The predicted octanol–water partition coefficient (Wildman–Crippen LogP) is 1.82. The number of hydrogen-bond donors (Lipinski definition) is 1. The van der Waals surface area contributed by atoms with Gasteiger partial charge in [0.25, 0.3) is 0 Å². The van der Waals surface area contributed by atoms with Crippen LogP contribution in [0.3, 0.4) is 0 Å². The number of carbonyl (C=O) groups excluding carboxylic acids is 2. The lowest BCUT2D eigenvalue weighted by Gasteiger charge is -2.09. The number of rotatable bonds is 7. The van der Waals surface area contributed by atoms with Gasteiger partial charge in [-0.05, 0) is 26.8 Å². The summed E-state index contributed by atoms with van der Waals surface area (Å²) in [6.45, 7) is 5.48. The number of nitrogens with zero attached hydrogens (tertiary/aromatic N) is 1. The Morgan fingerprint density at radius 3 is 2.27 bits per heavy atom. The Bertz CT molecular complexity index is 549. The maximum absolute atomic E-state index is 11.8. The molecule has 0 fully saturated rings. The normalized spacial score (nSPS) is 9.64. The average Bonchev–Trinajstić information content (AvgIpc) is 2.48. The van der Waals surface area contributed by atoms with Crippen molar-refractivity contribution in [2.24, 2.45) is 0 Å². The van der Waals surface area contributed by atoms with E-state index >= 15 is 0 Å². The van der Waals surface area contributed by atoms with Crippen molar-refractivity contribution in [3.05, 3.63) is 29.6 Å². The highest BCUT2D eigenvalue weighted by atomic mass is 16.6. The van der Waals surface area contributed by atoms with Gasteiger partial charge in [0.05, 0.1) is 32.2 Å². The van der Waals surface area contributed by atoms with Gasteiger partial charge in [-0.3, -0.25) is 0 Å². The Balaban J connectivity index is 2.94. The van der Waals surface area contributed by atoms with Gasteiger partial charge in [-0.15, -0.1) is 0 Å². The van der Waals surface area contributed by atoms with Crippen LogP contribution in [0.1, 0.15) is 19.4 Å². The first-order chi connectivity index (χ1) is 10.5. The molecule has 1 aromatic rings. The van der Waals surface area contributed by atoms with Crippen LogP contribution >= 0.6 is 0 Å². The lowest BCUT2D eigenvalue weighted by atomic mass is 10.2. The Labute approximate surface area is 129 Å². The van der Waals surface area contributed by atoms with Crippen LogP contribution in [0.5, 0.6) is 5.88 Å². The topological polar surface area (TPSA) is 86.8 Å². The van der Waals surface area contributed by atoms with Gasteiger partial charge in [-0.1, -0.05) is 0 Å². The molecule has 0 unspecified atom stereocenters. The molecule has 0 saturated carbocycles. The highest BCUT2D eigenvalue weighted by Gasteiger charge is 2.20. The van der Waals surface area contributed by atoms with Crippen molar-refractivity contribution in [3.8, 4) is 5.88 Å². The lowest BCUT2D eigenvalue weighted by molar-refractivity contribution is -0.146. The highest BCUT2D eigenvalue weighted by Crippen LogP contribution is 2.18. The van der Waals surface area contributed by atoms with Gasteiger partial charge < -0.3 is 19.5 Å². The van der Waals surface area contributed by atoms with Crippen LogP contribution < -0.4 is 10.1 Å². The number of esters is 2. The first kappa shape index (κ1) is 17.5. The molecule has 0 aromatic carbocycles. The van der Waals surface area contributed by atoms with E-state index in [0.29, 0.717) is 11.6 Å². The zero-order chi connectivity index (χ0) is 16.5. The third-order valence-electron chi connectivity index (χ3n) is 2.60. The fourth-order valence-corrected chi connectivity index (χ4v) is 1.63. The maximum atomic E-state index is 11.8. The molecule has 22 heavy (non-hydrogen) atoms. The number of hydrogen-bond acceptors (Lipinski definition) is 7. The number of ether oxygens (including phenoxy) is 3. The predicted molar refractivity (Wildman–Crippen MR) is 80.5 cm³/mol. The molecule has 7 nitrogen and oxygen atoms in total. The molecule has 0 saturated heterocycles. The Kier molecular flexibility index (Phi) is 6.88. The molecule has 120 valence electrons. The van der Waals surface area contributed by atoms with Crippen molar-refractivity contribution < 1.29 is 23.8 Å². The van der Waals surface area contributed by atoms with E-state index in [2.05, 4.69) is 10.3 Å². The number of aromatic nitrogens is 1. The summed E-state index contributed by atoms with van der Waals surface area (Å²) in [6.07, 6.45) is 2.77. The standard InChI is InChI=1S/C15H20N2O5/c1-5-21-14(18)12(15(19)22-6-2)9-16-11-7-10(3)13(20-4)17-8-11/h7-9,16H,5-6H2,1-4H3. The first-order valence-corrected chi connectivity index (χ1v) is 6.85. The second-order valence-electron chi connectivity index (χ2n) is 4.19. The number of anilines is 1. The molecule has 0 bridgehead atoms. The van der Waals surface area contributed by atoms with Crippen molar-refractivity contribution in [2.75, 3.05) is 25.6 Å². The minimum Gasteiger partial charge on any atom is -0.481 e. The first-order valence-electron chi connectivity index (χ1n) is 6.85. The Hall–Kier alpha value is -2.57. The number of nitrogens with one attached hydrogen (secondary N) is 1.